The maximum absolute atomic E-state index is 5.65. The number of ether oxygens (including phenoxy) is 2. The number of aromatic nitrogens is 2. The van der Waals surface area contributed by atoms with Gasteiger partial charge in [-0.05, 0) is 42.0 Å². The zero-order chi connectivity index (χ0) is 18.8. The molecular weight excluding hydrogens is 342 g/mol. The van der Waals surface area contributed by atoms with Gasteiger partial charge >= 0.3 is 0 Å². The fraction of sp³-hybridized carbons (Fsp3) is 0.150. The Morgan fingerprint density at radius 3 is 2.63 bits per heavy atom. The molecule has 0 saturated carbocycles. The molecule has 3 aromatic rings. The molecule has 136 valence electrons. The van der Waals surface area contributed by atoms with Gasteiger partial charge in [-0.25, -0.2) is 4.98 Å². The third-order valence-corrected chi connectivity index (χ3v) is 4.38. The quantitative estimate of drug-likeness (QED) is 0.725. The Morgan fingerprint density at radius 2 is 1.85 bits per heavy atom. The molecule has 0 radical (unpaired) electrons. The fourth-order valence-corrected chi connectivity index (χ4v) is 3.08. The van der Waals surface area contributed by atoms with Gasteiger partial charge in [-0.15, -0.1) is 0 Å². The zero-order valence-electron chi connectivity index (χ0n) is 15.1. The number of anilines is 3. The third kappa shape index (κ3) is 3.27. The van der Waals surface area contributed by atoms with Crippen LogP contribution < -0.4 is 20.5 Å². The summed E-state index contributed by atoms with van der Waals surface area (Å²) in [6.45, 7) is 0.653. The molecule has 0 bridgehead atoms. The van der Waals surface area contributed by atoms with Crippen molar-refractivity contribution in [3.63, 3.8) is 0 Å². The summed E-state index contributed by atoms with van der Waals surface area (Å²) in [4.78, 5) is 12.8. The molecule has 2 aromatic carbocycles. The average molecular weight is 361 g/mol. The molecule has 0 unspecified atom stereocenters. The van der Waals surface area contributed by atoms with E-state index in [-0.39, 0.29) is 5.95 Å². The monoisotopic (exact) mass is 361 g/mol. The Balaban J connectivity index is 1.67. The molecule has 0 amide bonds. The van der Waals surface area contributed by atoms with Gasteiger partial charge in [0.1, 0.15) is 5.82 Å². The van der Waals surface area contributed by atoms with E-state index in [0.717, 1.165) is 22.5 Å². The standard InChI is InChI=1S/C20H19N5O2/c1-26-16-6-4-12(9-17(16)27-2)19-15-10-14(5-3-13(15)11-23-19)24-18-7-8-22-20(21)25-18/h3-10H,11H2,1-2H3,(H3,21,22,24,25). The van der Waals surface area contributed by atoms with Gasteiger partial charge in [0.2, 0.25) is 5.95 Å². The van der Waals surface area contributed by atoms with Crippen LogP contribution in [0.25, 0.3) is 0 Å². The Morgan fingerprint density at radius 1 is 1.00 bits per heavy atom. The minimum atomic E-state index is 0.230. The highest BCUT2D eigenvalue weighted by molar-refractivity contribution is 6.15. The van der Waals surface area contributed by atoms with Gasteiger partial charge in [-0.1, -0.05) is 6.07 Å². The van der Waals surface area contributed by atoms with Gasteiger partial charge < -0.3 is 20.5 Å². The summed E-state index contributed by atoms with van der Waals surface area (Å²) in [7, 11) is 3.25. The van der Waals surface area contributed by atoms with Gasteiger partial charge in [-0.2, -0.15) is 4.98 Å². The van der Waals surface area contributed by atoms with Crippen molar-refractivity contribution in [3.05, 3.63) is 65.4 Å². The van der Waals surface area contributed by atoms with Crippen LogP contribution >= 0.6 is 0 Å². The first-order valence-corrected chi connectivity index (χ1v) is 8.43. The van der Waals surface area contributed by atoms with Crippen molar-refractivity contribution in [1.29, 1.82) is 0 Å². The normalized spacial score (nSPS) is 12.3. The van der Waals surface area contributed by atoms with Crippen molar-refractivity contribution in [3.8, 4) is 11.5 Å². The molecule has 2 heterocycles. The number of benzene rings is 2. The van der Waals surface area contributed by atoms with Crippen LogP contribution in [-0.4, -0.2) is 29.9 Å². The summed E-state index contributed by atoms with van der Waals surface area (Å²) in [6.07, 6.45) is 1.62. The van der Waals surface area contributed by atoms with Crippen molar-refractivity contribution >= 4 is 23.2 Å². The fourth-order valence-electron chi connectivity index (χ4n) is 3.08. The minimum Gasteiger partial charge on any atom is -0.493 e. The van der Waals surface area contributed by atoms with Crippen molar-refractivity contribution in [2.45, 2.75) is 6.54 Å². The lowest BCUT2D eigenvalue weighted by Gasteiger charge is -2.12. The number of fused-ring (bicyclic) bond motifs is 1. The Hall–Kier alpha value is -3.61. The van der Waals surface area contributed by atoms with Crippen LogP contribution in [0.1, 0.15) is 16.7 Å². The SMILES string of the molecule is COc1ccc(C2=NCc3ccc(Nc4ccnc(N)n4)cc32)cc1OC. The Kier molecular flexibility index (Phi) is 4.33. The number of nitrogens with one attached hydrogen (secondary N) is 1. The summed E-state index contributed by atoms with van der Waals surface area (Å²) in [5.74, 6) is 2.24. The van der Waals surface area contributed by atoms with Gasteiger partial charge in [0.05, 0.1) is 26.5 Å². The molecule has 4 rings (SSSR count). The number of hydrogen-bond acceptors (Lipinski definition) is 7. The highest BCUT2D eigenvalue weighted by atomic mass is 16.5. The van der Waals surface area contributed by atoms with E-state index in [4.69, 9.17) is 20.2 Å². The molecule has 1 aliphatic heterocycles. The number of rotatable bonds is 5. The molecule has 0 atom stereocenters. The number of methoxy groups -OCH3 is 2. The predicted molar refractivity (Wildman–Crippen MR) is 105 cm³/mol. The maximum Gasteiger partial charge on any atom is 0.221 e. The number of nitrogens with two attached hydrogens (primary N) is 1. The van der Waals surface area contributed by atoms with Gasteiger partial charge in [0, 0.05) is 23.0 Å². The predicted octanol–water partition coefficient (Wildman–Crippen LogP) is 3.17. The van der Waals surface area contributed by atoms with Crippen LogP contribution in [0.3, 0.4) is 0 Å². The molecule has 1 aliphatic rings. The molecule has 7 heteroatoms. The van der Waals surface area contributed by atoms with E-state index in [1.54, 1.807) is 26.5 Å². The second kappa shape index (κ2) is 6.95. The van der Waals surface area contributed by atoms with Gasteiger partial charge in [0.25, 0.3) is 0 Å². The van der Waals surface area contributed by atoms with Gasteiger partial charge in [0.15, 0.2) is 11.5 Å². The molecule has 0 fully saturated rings. The number of nitrogens with zero attached hydrogens (tertiary/aromatic N) is 3. The average Bonchev–Trinajstić information content (AvgIpc) is 3.10. The van der Waals surface area contributed by atoms with E-state index < -0.39 is 0 Å². The van der Waals surface area contributed by atoms with Crippen molar-refractivity contribution in [2.24, 2.45) is 4.99 Å². The molecule has 7 nitrogen and oxygen atoms in total. The second-order valence-electron chi connectivity index (χ2n) is 6.03. The van der Waals surface area contributed by atoms with Crippen LogP contribution in [0.4, 0.5) is 17.5 Å². The maximum atomic E-state index is 5.65. The third-order valence-electron chi connectivity index (χ3n) is 4.38. The van der Waals surface area contributed by atoms with Gasteiger partial charge in [-0.3, -0.25) is 4.99 Å². The largest absolute Gasteiger partial charge is 0.493 e. The first kappa shape index (κ1) is 16.8. The van der Waals surface area contributed by atoms with Crippen LogP contribution in [0.5, 0.6) is 11.5 Å². The second-order valence-corrected chi connectivity index (χ2v) is 6.03. The topological polar surface area (TPSA) is 94.7 Å². The lowest BCUT2D eigenvalue weighted by molar-refractivity contribution is 0.355. The van der Waals surface area contributed by atoms with Crippen molar-refractivity contribution < 1.29 is 9.47 Å². The van der Waals surface area contributed by atoms with Crippen LogP contribution in [0.2, 0.25) is 0 Å². The minimum absolute atomic E-state index is 0.230. The Bertz CT molecular complexity index is 1030. The smallest absolute Gasteiger partial charge is 0.221 e. The number of hydrogen-bond donors (Lipinski definition) is 2. The van der Waals surface area contributed by atoms with Crippen LogP contribution in [-0.2, 0) is 6.54 Å². The van der Waals surface area contributed by atoms with E-state index in [0.29, 0.717) is 23.9 Å². The molecule has 0 spiro atoms. The molecule has 0 saturated heterocycles. The summed E-state index contributed by atoms with van der Waals surface area (Å²) < 4.78 is 10.7. The van der Waals surface area contributed by atoms with Crippen molar-refractivity contribution in [1.82, 2.24) is 9.97 Å². The summed E-state index contributed by atoms with van der Waals surface area (Å²) in [6, 6.07) is 13.7. The van der Waals surface area contributed by atoms with Crippen LogP contribution in [0, 0.1) is 0 Å². The Labute approximate surface area is 156 Å². The molecule has 1 aromatic heterocycles. The first-order chi connectivity index (χ1) is 13.2. The van der Waals surface area contributed by atoms with Crippen LogP contribution in [0.15, 0.2) is 53.7 Å². The van der Waals surface area contributed by atoms with E-state index in [9.17, 15) is 0 Å². The van der Waals surface area contributed by atoms with E-state index >= 15 is 0 Å². The van der Waals surface area contributed by atoms with Crippen molar-refractivity contribution in [2.75, 3.05) is 25.3 Å². The zero-order valence-corrected chi connectivity index (χ0v) is 15.1. The molecule has 0 aliphatic carbocycles. The lowest BCUT2D eigenvalue weighted by Crippen LogP contribution is -2.04. The summed E-state index contributed by atoms with van der Waals surface area (Å²) >= 11 is 0. The summed E-state index contributed by atoms with van der Waals surface area (Å²) in [5.41, 5.74) is 10.7. The highest BCUT2D eigenvalue weighted by Crippen LogP contribution is 2.32. The molecule has 3 N–H and O–H groups in total. The molecular formula is C20H19N5O2. The number of nitrogen functional groups attached to an aromatic ring is 1. The highest BCUT2D eigenvalue weighted by Gasteiger charge is 2.19. The van der Waals surface area contributed by atoms with E-state index in [1.807, 2.05) is 24.3 Å². The first-order valence-electron chi connectivity index (χ1n) is 8.43. The van der Waals surface area contributed by atoms with E-state index in [2.05, 4.69) is 27.4 Å². The lowest BCUT2D eigenvalue weighted by atomic mass is 9.99. The molecule has 27 heavy (non-hydrogen) atoms. The summed E-state index contributed by atoms with van der Waals surface area (Å²) in [5, 5.41) is 3.26. The number of aliphatic imine (C=N–C) groups is 1. The van der Waals surface area contributed by atoms with E-state index in [1.165, 1.54) is 5.56 Å².